The number of hydrogen-bond donors (Lipinski definition) is 2. The summed E-state index contributed by atoms with van der Waals surface area (Å²) in [6.07, 6.45) is 2.27. The molecular weight excluding hydrogens is 240 g/mol. The van der Waals surface area contributed by atoms with Crippen LogP contribution in [0.15, 0.2) is 24.3 Å². The molecule has 1 aromatic rings. The van der Waals surface area contributed by atoms with Gasteiger partial charge in [0.05, 0.1) is 12.6 Å². The topological polar surface area (TPSA) is 64.4 Å². The zero-order valence-electron chi connectivity index (χ0n) is 10.8. The number of nitrogens with two attached hydrogens (primary N) is 1. The van der Waals surface area contributed by atoms with Gasteiger partial charge in [-0.25, -0.2) is 0 Å². The van der Waals surface area contributed by atoms with Gasteiger partial charge in [-0.3, -0.25) is 4.79 Å². The molecule has 1 unspecified atom stereocenters. The van der Waals surface area contributed by atoms with Crippen LogP contribution in [-0.2, 0) is 4.74 Å². The molecule has 1 atom stereocenters. The van der Waals surface area contributed by atoms with Crippen molar-refractivity contribution in [3.05, 3.63) is 35.4 Å². The van der Waals surface area contributed by atoms with Gasteiger partial charge in [0, 0.05) is 24.3 Å². The Balaban J connectivity index is 1.88. The van der Waals surface area contributed by atoms with Gasteiger partial charge in [-0.2, -0.15) is 0 Å². The van der Waals surface area contributed by atoms with Gasteiger partial charge in [0.2, 0.25) is 0 Å². The van der Waals surface area contributed by atoms with E-state index in [0.29, 0.717) is 18.7 Å². The highest BCUT2D eigenvalue weighted by Gasteiger charge is 2.16. The van der Waals surface area contributed by atoms with E-state index in [1.54, 1.807) is 12.1 Å². The van der Waals surface area contributed by atoms with E-state index in [-0.39, 0.29) is 12.0 Å². The minimum Gasteiger partial charge on any atom is -0.376 e. The molecule has 19 heavy (non-hydrogen) atoms. The van der Waals surface area contributed by atoms with Gasteiger partial charge in [0.1, 0.15) is 0 Å². The first-order chi connectivity index (χ1) is 9.29. The van der Waals surface area contributed by atoms with Gasteiger partial charge in [0.25, 0.3) is 5.91 Å². The average molecular weight is 258 g/mol. The van der Waals surface area contributed by atoms with Crippen LogP contribution in [0.3, 0.4) is 0 Å². The van der Waals surface area contributed by atoms with Gasteiger partial charge >= 0.3 is 0 Å². The summed E-state index contributed by atoms with van der Waals surface area (Å²) in [4.78, 5) is 11.9. The molecule has 0 aromatic heterocycles. The molecular formula is C15H18N2O2. The lowest BCUT2D eigenvalue weighted by Crippen LogP contribution is -2.31. The Morgan fingerprint density at radius 2 is 2.21 bits per heavy atom. The number of nitrogens with one attached hydrogen (secondary N) is 1. The monoisotopic (exact) mass is 258 g/mol. The second kappa shape index (κ2) is 6.93. The first-order valence-corrected chi connectivity index (χ1v) is 6.48. The van der Waals surface area contributed by atoms with Crippen molar-refractivity contribution in [1.82, 2.24) is 5.32 Å². The first kappa shape index (κ1) is 13.6. The van der Waals surface area contributed by atoms with E-state index in [4.69, 9.17) is 10.5 Å². The molecule has 1 saturated heterocycles. The predicted molar refractivity (Wildman–Crippen MR) is 73.7 cm³/mol. The summed E-state index contributed by atoms with van der Waals surface area (Å²) >= 11 is 0. The average Bonchev–Trinajstić information content (AvgIpc) is 2.96. The van der Waals surface area contributed by atoms with Crippen molar-refractivity contribution in [3.8, 4) is 11.8 Å². The normalized spacial score (nSPS) is 17.6. The lowest BCUT2D eigenvalue weighted by molar-refractivity contribution is 0.0858. The minimum atomic E-state index is -0.0752. The van der Waals surface area contributed by atoms with E-state index in [1.165, 1.54) is 0 Å². The van der Waals surface area contributed by atoms with Crippen LogP contribution < -0.4 is 11.1 Å². The molecule has 1 aliphatic heterocycles. The molecule has 3 N–H and O–H groups in total. The van der Waals surface area contributed by atoms with Crippen LogP contribution >= 0.6 is 0 Å². The van der Waals surface area contributed by atoms with E-state index < -0.39 is 0 Å². The summed E-state index contributed by atoms with van der Waals surface area (Å²) < 4.78 is 5.46. The standard InChI is InChI=1S/C15H18N2O2/c16-9-1-3-12-5-7-13(8-6-12)15(18)17-11-14-4-2-10-19-14/h5-8,14H,2,4,9-11,16H2,(H,17,18). The maximum absolute atomic E-state index is 11.9. The Morgan fingerprint density at radius 3 is 2.84 bits per heavy atom. The fourth-order valence-electron chi connectivity index (χ4n) is 1.97. The summed E-state index contributed by atoms with van der Waals surface area (Å²) in [6.45, 7) is 1.71. The van der Waals surface area contributed by atoms with E-state index in [0.717, 1.165) is 25.0 Å². The molecule has 4 nitrogen and oxygen atoms in total. The van der Waals surface area contributed by atoms with Crippen molar-refractivity contribution in [3.63, 3.8) is 0 Å². The van der Waals surface area contributed by atoms with Crippen molar-refractivity contribution < 1.29 is 9.53 Å². The quantitative estimate of drug-likeness (QED) is 0.792. The Morgan fingerprint density at radius 1 is 1.42 bits per heavy atom. The summed E-state index contributed by atoms with van der Waals surface area (Å²) in [7, 11) is 0. The van der Waals surface area contributed by atoms with E-state index in [2.05, 4.69) is 17.2 Å². The second-order valence-corrected chi connectivity index (χ2v) is 4.43. The van der Waals surface area contributed by atoms with E-state index in [9.17, 15) is 4.79 Å². The van der Waals surface area contributed by atoms with Gasteiger partial charge in [-0.05, 0) is 37.1 Å². The third-order valence-corrected chi connectivity index (χ3v) is 3.00. The summed E-state index contributed by atoms with van der Waals surface area (Å²) in [6, 6.07) is 7.18. The number of carbonyl (C=O) groups excluding carboxylic acids is 1. The highest BCUT2D eigenvalue weighted by molar-refractivity contribution is 5.94. The third kappa shape index (κ3) is 4.09. The highest BCUT2D eigenvalue weighted by atomic mass is 16.5. The fourth-order valence-corrected chi connectivity index (χ4v) is 1.97. The first-order valence-electron chi connectivity index (χ1n) is 6.48. The fraction of sp³-hybridized carbons (Fsp3) is 0.400. The maximum atomic E-state index is 11.9. The number of hydrogen-bond acceptors (Lipinski definition) is 3. The molecule has 1 aliphatic rings. The Kier molecular flexibility index (Phi) is 4.96. The van der Waals surface area contributed by atoms with Crippen LogP contribution in [-0.4, -0.2) is 31.7 Å². The zero-order chi connectivity index (χ0) is 13.5. The smallest absolute Gasteiger partial charge is 0.251 e. The van der Waals surface area contributed by atoms with Crippen LogP contribution in [0, 0.1) is 11.8 Å². The maximum Gasteiger partial charge on any atom is 0.251 e. The molecule has 2 rings (SSSR count). The van der Waals surface area contributed by atoms with Crippen LogP contribution in [0.2, 0.25) is 0 Å². The van der Waals surface area contributed by atoms with Crippen LogP contribution in [0.1, 0.15) is 28.8 Å². The number of amides is 1. The summed E-state index contributed by atoms with van der Waals surface area (Å²) in [5.74, 6) is 5.62. The van der Waals surface area contributed by atoms with Crippen molar-refractivity contribution in [2.45, 2.75) is 18.9 Å². The van der Waals surface area contributed by atoms with Gasteiger partial charge in [-0.15, -0.1) is 0 Å². The minimum absolute atomic E-state index is 0.0752. The highest BCUT2D eigenvalue weighted by Crippen LogP contribution is 2.11. The summed E-state index contributed by atoms with van der Waals surface area (Å²) in [5, 5.41) is 2.88. The van der Waals surface area contributed by atoms with Crippen LogP contribution in [0.25, 0.3) is 0 Å². The van der Waals surface area contributed by atoms with E-state index >= 15 is 0 Å². The molecule has 1 fully saturated rings. The Labute approximate surface area is 113 Å². The van der Waals surface area contributed by atoms with Crippen molar-refractivity contribution in [1.29, 1.82) is 0 Å². The molecule has 100 valence electrons. The van der Waals surface area contributed by atoms with Crippen molar-refractivity contribution in [2.75, 3.05) is 19.7 Å². The van der Waals surface area contributed by atoms with Crippen molar-refractivity contribution in [2.24, 2.45) is 5.73 Å². The SMILES string of the molecule is NCC#Cc1ccc(C(=O)NCC2CCCO2)cc1. The molecule has 1 aromatic carbocycles. The van der Waals surface area contributed by atoms with Crippen molar-refractivity contribution >= 4 is 5.91 Å². The lowest BCUT2D eigenvalue weighted by atomic mass is 10.1. The number of benzene rings is 1. The Bertz CT molecular complexity index is 479. The number of carbonyl (C=O) groups is 1. The molecule has 0 spiro atoms. The summed E-state index contributed by atoms with van der Waals surface area (Å²) in [5.41, 5.74) is 6.80. The Hall–Kier alpha value is -1.83. The van der Waals surface area contributed by atoms with Gasteiger partial charge < -0.3 is 15.8 Å². The molecule has 0 aliphatic carbocycles. The third-order valence-electron chi connectivity index (χ3n) is 3.00. The number of ether oxygens (including phenoxy) is 1. The number of rotatable bonds is 3. The molecule has 1 heterocycles. The zero-order valence-corrected chi connectivity index (χ0v) is 10.8. The molecule has 0 bridgehead atoms. The van der Waals surface area contributed by atoms with E-state index in [1.807, 2.05) is 12.1 Å². The lowest BCUT2D eigenvalue weighted by Gasteiger charge is -2.10. The molecule has 4 heteroatoms. The van der Waals surface area contributed by atoms with Crippen LogP contribution in [0.5, 0.6) is 0 Å². The predicted octanol–water partition coefficient (Wildman–Crippen LogP) is 0.906. The van der Waals surface area contributed by atoms with Crippen LogP contribution in [0.4, 0.5) is 0 Å². The molecule has 1 amide bonds. The van der Waals surface area contributed by atoms with Gasteiger partial charge in [0.15, 0.2) is 0 Å². The van der Waals surface area contributed by atoms with Gasteiger partial charge in [-0.1, -0.05) is 11.8 Å². The molecule has 0 saturated carbocycles. The molecule has 0 radical (unpaired) electrons. The second-order valence-electron chi connectivity index (χ2n) is 4.43. The largest absolute Gasteiger partial charge is 0.376 e.